The summed E-state index contributed by atoms with van der Waals surface area (Å²) in [6.07, 6.45) is 8.31. The fourth-order valence-corrected chi connectivity index (χ4v) is 3.00. The monoisotopic (exact) mass is 225 g/mol. The minimum absolute atomic E-state index is 0.358. The van der Waals surface area contributed by atoms with E-state index in [0.717, 1.165) is 13.1 Å². The van der Waals surface area contributed by atoms with Gasteiger partial charge in [-0.1, -0.05) is 12.8 Å². The number of hydrogen-bond donors (Lipinski definition) is 1. The lowest BCUT2D eigenvalue weighted by Crippen LogP contribution is -2.47. The maximum Gasteiger partial charge on any atom is 0.0297 e. The second-order valence-corrected chi connectivity index (χ2v) is 5.48. The van der Waals surface area contributed by atoms with Crippen molar-refractivity contribution in [1.82, 2.24) is 9.80 Å². The van der Waals surface area contributed by atoms with E-state index in [0.29, 0.717) is 6.04 Å². The van der Waals surface area contributed by atoms with Gasteiger partial charge < -0.3 is 15.5 Å². The lowest BCUT2D eigenvalue weighted by molar-refractivity contribution is 0.172. The zero-order chi connectivity index (χ0) is 11.2. The van der Waals surface area contributed by atoms with Gasteiger partial charge in [-0.05, 0) is 51.9 Å². The molecule has 16 heavy (non-hydrogen) atoms. The van der Waals surface area contributed by atoms with E-state index in [9.17, 15) is 0 Å². The average Bonchev–Trinajstić information content (AvgIpc) is 2.31. The van der Waals surface area contributed by atoms with Crippen LogP contribution in [0.15, 0.2) is 0 Å². The van der Waals surface area contributed by atoms with Gasteiger partial charge in [-0.15, -0.1) is 0 Å². The first-order valence-electron chi connectivity index (χ1n) is 7.05. The summed E-state index contributed by atoms with van der Waals surface area (Å²) >= 11 is 0. The Morgan fingerprint density at radius 3 is 1.44 bits per heavy atom. The van der Waals surface area contributed by atoms with E-state index < -0.39 is 0 Å². The predicted octanol–water partition coefficient (Wildman–Crippen LogP) is 1.29. The summed E-state index contributed by atoms with van der Waals surface area (Å²) in [5, 5.41) is 0. The van der Waals surface area contributed by atoms with E-state index in [-0.39, 0.29) is 0 Å². The predicted molar refractivity (Wildman–Crippen MR) is 68.6 cm³/mol. The first-order chi connectivity index (χ1) is 7.84. The SMILES string of the molecule is NC(CN1CCCCC1)CN1CCCCC1. The quantitative estimate of drug-likeness (QED) is 0.782. The van der Waals surface area contributed by atoms with Crippen molar-refractivity contribution in [2.45, 2.75) is 44.6 Å². The highest BCUT2D eigenvalue weighted by Crippen LogP contribution is 2.11. The first-order valence-corrected chi connectivity index (χ1v) is 7.05. The zero-order valence-electron chi connectivity index (χ0n) is 10.5. The third-order valence-corrected chi connectivity index (χ3v) is 3.88. The summed E-state index contributed by atoms with van der Waals surface area (Å²) in [5.41, 5.74) is 6.25. The van der Waals surface area contributed by atoms with Crippen LogP contribution in [0, 0.1) is 0 Å². The molecule has 94 valence electrons. The van der Waals surface area contributed by atoms with Crippen molar-refractivity contribution < 1.29 is 0 Å². The molecular weight excluding hydrogens is 198 g/mol. The van der Waals surface area contributed by atoms with Gasteiger partial charge in [-0.2, -0.15) is 0 Å². The Hall–Kier alpha value is -0.120. The molecule has 0 bridgehead atoms. The molecule has 2 rings (SSSR count). The third-order valence-electron chi connectivity index (χ3n) is 3.88. The largest absolute Gasteiger partial charge is 0.325 e. The lowest BCUT2D eigenvalue weighted by Gasteiger charge is -2.33. The first kappa shape index (κ1) is 12.3. The van der Waals surface area contributed by atoms with Crippen molar-refractivity contribution in [2.24, 2.45) is 5.73 Å². The third kappa shape index (κ3) is 4.04. The van der Waals surface area contributed by atoms with Crippen molar-refractivity contribution in [3.63, 3.8) is 0 Å². The van der Waals surface area contributed by atoms with Crippen LogP contribution in [-0.2, 0) is 0 Å². The van der Waals surface area contributed by atoms with Crippen LogP contribution in [0.2, 0.25) is 0 Å². The van der Waals surface area contributed by atoms with Crippen molar-refractivity contribution in [3.05, 3.63) is 0 Å². The Bertz CT molecular complexity index is 164. The highest BCUT2D eigenvalue weighted by molar-refractivity contribution is 4.76. The molecule has 0 spiro atoms. The topological polar surface area (TPSA) is 32.5 Å². The second-order valence-electron chi connectivity index (χ2n) is 5.48. The van der Waals surface area contributed by atoms with E-state index in [1.165, 1.54) is 64.7 Å². The molecule has 0 amide bonds. The van der Waals surface area contributed by atoms with E-state index in [1.807, 2.05) is 0 Å². The van der Waals surface area contributed by atoms with Gasteiger partial charge in [0, 0.05) is 19.1 Å². The van der Waals surface area contributed by atoms with Crippen molar-refractivity contribution in [1.29, 1.82) is 0 Å². The molecule has 0 saturated carbocycles. The molecule has 2 aliphatic rings. The lowest BCUT2D eigenvalue weighted by atomic mass is 10.1. The Morgan fingerprint density at radius 1 is 0.688 bits per heavy atom. The van der Waals surface area contributed by atoms with Crippen LogP contribution in [0.1, 0.15) is 38.5 Å². The zero-order valence-corrected chi connectivity index (χ0v) is 10.5. The molecule has 0 radical (unpaired) electrons. The highest BCUT2D eigenvalue weighted by atomic mass is 15.2. The van der Waals surface area contributed by atoms with Gasteiger partial charge in [-0.25, -0.2) is 0 Å². The average molecular weight is 225 g/mol. The number of nitrogens with zero attached hydrogens (tertiary/aromatic N) is 2. The summed E-state index contributed by atoms with van der Waals surface area (Å²) in [4.78, 5) is 5.11. The molecule has 0 aromatic carbocycles. The molecule has 0 atom stereocenters. The van der Waals surface area contributed by atoms with E-state index in [4.69, 9.17) is 5.73 Å². The van der Waals surface area contributed by atoms with Crippen molar-refractivity contribution in [3.8, 4) is 0 Å². The number of likely N-dealkylation sites (tertiary alicyclic amines) is 2. The Labute approximate surface area is 100.0 Å². The van der Waals surface area contributed by atoms with Gasteiger partial charge in [0.05, 0.1) is 0 Å². The Morgan fingerprint density at radius 2 is 1.06 bits per heavy atom. The van der Waals surface area contributed by atoms with Gasteiger partial charge in [0.1, 0.15) is 0 Å². The summed E-state index contributed by atoms with van der Waals surface area (Å²) in [6.45, 7) is 7.30. The van der Waals surface area contributed by atoms with Crippen LogP contribution in [0.3, 0.4) is 0 Å². The van der Waals surface area contributed by atoms with Crippen LogP contribution < -0.4 is 5.73 Å². The number of rotatable bonds is 4. The van der Waals surface area contributed by atoms with E-state index >= 15 is 0 Å². The maximum absolute atomic E-state index is 6.25. The minimum atomic E-state index is 0.358. The summed E-state index contributed by atoms with van der Waals surface area (Å²) in [5.74, 6) is 0. The summed E-state index contributed by atoms with van der Waals surface area (Å²) in [7, 11) is 0. The molecule has 0 aliphatic carbocycles. The fraction of sp³-hybridized carbons (Fsp3) is 1.00. The summed E-state index contributed by atoms with van der Waals surface area (Å²) in [6, 6.07) is 0.358. The van der Waals surface area contributed by atoms with E-state index in [2.05, 4.69) is 9.80 Å². The van der Waals surface area contributed by atoms with Crippen molar-refractivity contribution in [2.75, 3.05) is 39.3 Å². The molecule has 2 heterocycles. The summed E-state index contributed by atoms with van der Waals surface area (Å²) < 4.78 is 0. The minimum Gasteiger partial charge on any atom is -0.325 e. The molecule has 0 aromatic rings. The maximum atomic E-state index is 6.25. The van der Waals surface area contributed by atoms with Gasteiger partial charge in [0.15, 0.2) is 0 Å². The molecular formula is C13H27N3. The molecule has 3 heteroatoms. The molecule has 2 aliphatic heterocycles. The number of piperidine rings is 2. The molecule has 2 saturated heterocycles. The van der Waals surface area contributed by atoms with Gasteiger partial charge >= 0.3 is 0 Å². The smallest absolute Gasteiger partial charge is 0.0297 e. The van der Waals surface area contributed by atoms with Gasteiger partial charge in [-0.3, -0.25) is 0 Å². The van der Waals surface area contributed by atoms with Crippen LogP contribution in [-0.4, -0.2) is 55.1 Å². The highest BCUT2D eigenvalue weighted by Gasteiger charge is 2.17. The number of hydrogen-bond acceptors (Lipinski definition) is 3. The van der Waals surface area contributed by atoms with Crippen LogP contribution in [0.25, 0.3) is 0 Å². The van der Waals surface area contributed by atoms with Crippen LogP contribution in [0.4, 0.5) is 0 Å². The second kappa shape index (κ2) is 6.58. The van der Waals surface area contributed by atoms with Gasteiger partial charge in [0.2, 0.25) is 0 Å². The molecule has 2 N–H and O–H groups in total. The standard InChI is InChI=1S/C13H27N3/c14-13(11-15-7-3-1-4-8-15)12-16-9-5-2-6-10-16/h13H,1-12,14H2. The molecule has 0 aromatic heterocycles. The molecule has 3 nitrogen and oxygen atoms in total. The van der Waals surface area contributed by atoms with Gasteiger partial charge in [0.25, 0.3) is 0 Å². The Kier molecular flexibility index (Phi) is 5.07. The fourth-order valence-electron chi connectivity index (χ4n) is 3.00. The van der Waals surface area contributed by atoms with E-state index in [1.54, 1.807) is 0 Å². The van der Waals surface area contributed by atoms with Crippen molar-refractivity contribution >= 4 is 0 Å². The normalized spacial score (nSPS) is 25.1. The van der Waals surface area contributed by atoms with Crippen LogP contribution in [0.5, 0.6) is 0 Å². The number of nitrogens with two attached hydrogens (primary N) is 1. The van der Waals surface area contributed by atoms with Crippen LogP contribution >= 0.6 is 0 Å². The molecule has 0 unspecified atom stereocenters. The molecule has 2 fully saturated rings. The Balaban J connectivity index is 1.64.